The number of thioether (sulfide) groups is 1. The van der Waals surface area contributed by atoms with Crippen LogP contribution in [0, 0.1) is 6.92 Å². The minimum atomic E-state index is -0.449. The van der Waals surface area contributed by atoms with E-state index in [4.69, 9.17) is 0 Å². The van der Waals surface area contributed by atoms with Gasteiger partial charge in [-0.15, -0.1) is 0 Å². The number of allylic oxidation sites excluding steroid dienone is 2. The van der Waals surface area contributed by atoms with Crippen LogP contribution in [0.2, 0.25) is 0 Å². The summed E-state index contributed by atoms with van der Waals surface area (Å²) in [6.45, 7) is 3.51. The van der Waals surface area contributed by atoms with E-state index in [-0.39, 0.29) is 6.54 Å². The zero-order valence-corrected chi connectivity index (χ0v) is 16.5. The van der Waals surface area contributed by atoms with E-state index in [0.717, 1.165) is 33.4 Å². The molecule has 142 valence electrons. The fourth-order valence-electron chi connectivity index (χ4n) is 2.68. The average Bonchev–Trinajstić information content (AvgIpc) is 2.91. The number of anilines is 1. The number of imide groups is 1. The Kier molecular flexibility index (Phi) is 6.11. The van der Waals surface area contributed by atoms with Crippen molar-refractivity contribution in [2.45, 2.75) is 13.8 Å². The van der Waals surface area contributed by atoms with Crippen molar-refractivity contribution in [2.75, 3.05) is 11.9 Å². The van der Waals surface area contributed by atoms with Gasteiger partial charge in [0.1, 0.15) is 6.54 Å². The van der Waals surface area contributed by atoms with E-state index in [1.54, 1.807) is 18.2 Å². The highest BCUT2D eigenvalue weighted by atomic mass is 32.2. The van der Waals surface area contributed by atoms with Gasteiger partial charge in [0.25, 0.3) is 11.1 Å². The summed E-state index contributed by atoms with van der Waals surface area (Å²) in [4.78, 5) is 38.2. The van der Waals surface area contributed by atoms with Gasteiger partial charge in [0, 0.05) is 5.69 Å². The number of hydrogen-bond donors (Lipinski definition) is 1. The van der Waals surface area contributed by atoms with E-state index in [0.29, 0.717) is 10.6 Å². The van der Waals surface area contributed by atoms with Gasteiger partial charge in [-0.05, 0) is 55.0 Å². The molecule has 0 atom stereocenters. The number of aryl methyl sites for hydroxylation is 1. The quantitative estimate of drug-likeness (QED) is 0.754. The van der Waals surface area contributed by atoms with Crippen molar-refractivity contribution in [3.8, 4) is 0 Å². The molecule has 28 heavy (non-hydrogen) atoms. The molecule has 1 saturated heterocycles. The lowest BCUT2D eigenvalue weighted by molar-refractivity contribution is -0.127. The predicted octanol–water partition coefficient (Wildman–Crippen LogP) is 4.62. The molecule has 6 heteroatoms. The van der Waals surface area contributed by atoms with Crippen molar-refractivity contribution in [1.82, 2.24) is 4.90 Å². The van der Waals surface area contributed by atoms with E-state index in [9.17, 15) is 14.4 Å². The topological polar surface area (TPSA) is 66.5 Å². The standard InChI is InChI=1S/C22H20N2O3S/c1-15-8-10-18(11-9-15)23-20(25)14-24-21(26)19(28-22(24)27)13-16(2)12-17-6-4-3-5-7-17/h3-13H,14H2,1-2H3,(H,23,25)/b16-12+,19-13-. The highest BCUT2D eigenvalue weighted by Gasteiger charge is 2.36. The molecule has 3 rings (SSSR count). The highest BCUT2D eigenvalue weighted by Crippen LogP contribution is 2.31. The summed E-state index contributed by atoms with van der Waals surface area (Å²) in [5.74, 6) is -0.862. The molecule has 2 aromatic carbocycles. The second kappa shape index (κ2) is 8.71. The van der Waals surface area contributed by atoms with Gasteiger partial charge >= 0.3 is 0 Å². The van der Waals surface area contributed by atoms with Crippen LogP contribution in [0.3, 0.4) is 0 Å². The maximum atomic E-state index is 12.5. The van der Waals surface area contributed by atoms with Gasteiger partial charge in [-0.1, -0.05) is 54.1 Å². The normalized spacial score (nSPS) is 16.0. The van der Waals surface area contributed by atoms with Gasteiger partial charge < -0.3 is 5.32 Å². The SMILES string of the molecule is CC(/C=C1\SC(=O)N(CC(=O)Nc2ccc(C)cc2)C1=O)=C\c1ccccc1. The Hall–Kier alpha value is -3.12. The zero-order chi connectivity index (χ0) is 20.1. The number of nitrogens with one attached hydrogen (secondary N) is 1. The van der Waals surface area contributed by atoms with Gasteiger partial charge in [-0.25, -0.2) is 0 Å². The zero-order valence-electron chi connectivity index (χ0n) is 15.6. The predicted molar refractivity (Wildman–Crippen MR) is 113 cm³/mol. The molecular formula is C22H20N2O3S. The molecule has 0 saturated carbocycles. The van der Waals surface area contributed by atoms with Crippen LogP contribution in [0.15, 0.2) is 71.2 Å². The van der Waals surface area contributed by atoms with Gasteiger partial charge in [0.05, 0.1) is 4.91 Å². The minimum Gasteiger partial charge on any atom is -0.325 e. The first-order valence-electron chi connectivity index (χ1n) is 8.77. The summed E-state index contributed by atoms with van der Waals surface area (Å²) in [5, 5.41) is 2.26. The molecule has 2 aromatic rings. The minimum absolute atomic E-state index is 0.308. The Morgan fingerprint density at radius 2 is 1.75 bits per heavy atom. The number of nitrogens with zero attached hydrogens (tertiary/aromatic N) is 1. The maximum absolute atomic E-state index is 12.5. The Labute approximate surface area is 168 Å². The summed E-state index contributed by atoms with van der Waals surface area (Å²) >= 11 is 0.849. The van der Waals surface area contributed by atoms with E-state index in [1.807, 2.05) is 62.4 Å². The van der Waals surface area contributed by atoms with Crippen molar-refractivity contribution >= 4 is 40.6 Å². The number of carbonyl (C=O) groups is 3. The number of hydrogen-bond acceptors (Lipinski definition) is 4. The summed E-state index contributed by atoms with van der Waals surface area (Å²) < 4.78 is 0. The summed E-state index contributed by atoms with van der Waals surface area (Å²) in [5.41, 5.74) is 3.56. The number of carbonyl (C=O) groups excluding carboxylic acids is 3. The smallest absolute Gasteiger partial charge is 0.294 e. The lowest BCUT2D eigenvalue weighted by Crippen LogP contribution is -2.36. The molecule has 1 heterocycles. The van der Waals surface area contributed by atoms with E-state index in [2.05, 4.69) is 5.32 Å². The first-order chi connectivity index (χ1) is 13.4. The molecule has 0 aromatic heterocycles. The van der Waals surface area contributed by atoms with Gasteiger partial charge in [0.15, 0.2) is 0 Å². The average molecular weight is 392 g/mol. The maximum Gasteiger partial charge on any atom is 0.294 e. The van der Waals surface area contributed by atoms with Crippen LogP contribution >= 0.6 is 11.8 Å². The van der Waals surface area contributed by atoms with Crippen LogP contribution in [-0.2, 0) is 9.59 Å². The van der Waals surface area contributed by atoms with E-state index >= 15 is 0 Å². The molecule has 0 radical (unpaired) electrons. The number of amides is 3. The lowest BCUT2D eigenvalue weighted by Gasteiger charge is -2.12. The Morgan fingerprint density at radius 3 is 2.43 bits per heavy atom. The van der Waals surface area contributed by atoms with Crippen molar-refractivity contribution in [3.63, 3.8) is 0 Å². The molecule has 1 N–H and O–H groups in total. The largest absolute Gasteiger partial charge is 0.325 e. The summed E-state index contributed by atoms with van der Waals surface area (Å²) in [6, 6.07) is 17.0. The molecule has 5 nitrogen and oxygen atoms in total. The van der Waals surface area contributed by atoms with Gasteiger partial charge in [-0.2, -0.15) is 0 Å². The molecular weight excluding hydrogens is 372 g/mol. The van der Waals surface area contributed by atoms with Gasteiger partial charge in [-0.3, -0.25) is 19.3 Å². The lowest BCUT2D eigenvalue weighted by atomic mass is 10.1. The molecule has 0 bridgehead atoms. The van der Waals surface area contributed by atoms with Crippen molar-refractivity contribution in [2.24, 2.45) is 0 Å². The summed E-state index contributed by atoms with van der Waals surface area (Å²) in [7, 11) is 0. The van der Waals surface area contributed by atoms with E-state index in [1.165, 1.54) is 0 Å². The Bertz CT molecular complexity index is 963. The molecule has 0 unspecified atom stereocenters. The Balaban J connectivity index is 1.66. The third-order valence-corrected chi connectivity index (χ3v) is 4.97. The Morgan fingerprint density at radius 1 is 1.07 bits per heavy atom. The molecule has 0 aliphatic carbocycles. The second-order valence-electron chi connectivity index (χ2n) is 6.48. The molecule has 1 fully saturated rings. The van der Waals surface area contributed by atoms with Crippen LogP contribution in [-0.4, -0.2) is 28.5 Å². The van der Waals surface area contributed by atoms with Crippen LogP contribution in [0.4, 0.5) is 10.5 Å². The first kappa shape index (κ1) is 19.6. The number of benzene rings is 2. The van der Waals surface area contributed by atoms with Crippen LogP contribution in [0.25, 0.3) is 6.08 Å². The van der Waals surface area contributed by atoms with Gasteiger partial charge in [0.2, 0.25) is 5.91 Å². The summed E-state index contributed by atoms with van der Waals surface area (Å²) in [6.07, 6.45) is 3.61. The van der Waals surface area contributed by atoms with Crippen molar-refractivity contribution < 1.29 is 14.4 Å². The van der Waals surface area contributed by atoms with E-state index < -0.39 is 17.1 Å². The first-order valence-corrected chi connectivity index (χ1v) is 9.59. The second-order valence-corrected chi connectivity index (χ2v) is 7.47. The van der Waals surface area contributed by atoms with Crippen molar-refractivity contribution in [1.29, 1.82) is 0 Å². The van der Waals surface area contributed by atoms with Crippen LogP contribution < -0.4 is 5.32 Å². The molecule has 1 aliphatic rings. The third kappa shape index (κ3) is 4.98. The van der Waals surface area contributed by atoms with Crippen LogP contribution in [0.1, 0.15) is 18.1 Å². The molecule has 3 amide bonds. The monoisotopic (exact) mass is 392 g/mol. The molecule has 0 spiro atoms. The van der Waals surface area contributed by atoms with Crippen molar-refractivity contribution in [3.05, 3.63) is 82.3 Å². The number of rotatable bonds is 5. The molecule has 1 aliphatic heterocycles. The fraction of sp³-hybridized carbons (Fsp3) is 0.136. The fourth-order valence-corrected chi connectivity index (χ4v) is 3.57. The highest BCUT2D eigenvalue weighted by molar-refractivity contribution is 8.18. The van der Waals surface area contributed by atoms with Crippen LogP contribution in [0.5, 0.6) is 0 Å². The third-order valence-electron chi connectivity index (χ3n) is 4.06.